The van der Waals surface area contributed by atoms with Crippen LogP contribution in [0.4, 0.5) is 0 Å². The van der Waals surface area contributed by atoms with E-state index < -0.39 is 10.0 Å². The topological polar surface area (TPSA) is 64.0 Å². The van der Waals surface area contributed by atoms with Crippen molar-refractivity contribution < 1.29 is 8.42 Å². The summed E-state index contributed by atoms with van der Waals surface area (Å²) in [5.41, 5.74) is 3.08. The van der Waals surface area contributed by atoms with Crippen molar-refractivity contribution >= 4 is 10.0 Å². The molecular formula is C16H19N3O2S. The summed E-state index contributed by atoms with van der Waals surface area (Å²) in [5, 5.41) is 3.92. The Kier molecular flexibility index (Phi) is 2.96. The van der Waals surface area contributed by atoms with Crippen LogP contribution in [-0.4, -0.2) is 24.7 Å². The van der Waals surface area contributed by atoms with Gasteiger partial charge in [0.2, 0.25) is 10.0 Å². The number of hydrogen-bond donors (Lipinski definition) is 1. The van der Waals surface area contributed by atoms with Gasteiger partial charge in [-0.05, 0) is 36.3 Å². The highest BCUT2D eigenvalue weighted by molar-refractivity contribution is 7.89. The lowest BCUT2D eigenvalue weighted by Crippen LogP contribution is -2.27. The highest BCUT2D eigenvalue weighted by atomic mass is 32.2. The molecule has 0 saturated heterocycles. The van der Waals surface area contributed by atoms with Crippen LogP contribution in [-0.2, 0) is 28.9 Å². The van der Waals surface area contributed by atoms with E-state index in [1.54, 1.807) is 7.05 Å². The molecule has 1 aromatic carbocycles. The molecule has 1 fully saturated rings. The number of rotatable bonds is 4. The second kappa shape index (κ2) is 4.67. The summed E-state index contributed by atoms with van der Waals surface area (Å²) in [6.07, 6.45) is 6.25. The van der Waals surface area contributed by atoms with Gasteiger partial charge in [-0.1, -0.05) is 24.3 Å². The van der Waals surface area contributed by atoms with E-state index in [4.69, 9.17) is 0 Å². The van der Waals surface area contributed by atoms with Crippen LogP contribution in [0.2, 0.25) is 0 Å². The van der Waals surface area contributed by atoms with Gasteiger partial charge in [-0.2, -0.15) is 5.10 Å². The van der Waals surface area contributed by atoms with Crippen molar-refractivity contribution in [2.24, 2.45) is 13.0 Å². The van der Waals surface area contributed by atoms with Crippen LogP contribution in [0.5, 0.6) is 0 Å². The predicted molar refractivity (Wildman–Crippen MR) is 82.9 cm³/mol. The van der Waals surface area contributed by atoms with Crippen LogP contribution < -0.4 is 4.72 Å². The van der Waals surface area contributed by atoms with Gasteiger partial charge in [-0.3, -0.25) is 4.68 Å². The summed E-state index contributed by atoms with van der Waals surface area (Å²) in [7, 11) is -1.74. The van der Waals surface area contributed by atoms with Crippen LogP contribution >= 0.6 is 0 Å². The third kappa shape index (κ3) is 2.09. The van der Waals surface area contributed by atoms with E-state index in [-0.39, 0.29) is 10.3 Å². The van der Waals surface area contributed by atoms with Gasteiger partial charge in [0.25, 0.3) is 0 Å². The van der Waals surface area contributed by atoms with Gasteiger partial charge in [0.1, 0.15) is 4.90 Å². The zero-order chi connectivity index (χ0) is 15.4. The highest BCUT2D eigenvalue weighted by Crippen LogP contribution is 2.61. The number of hydrogen-bond acceptors (Lipinski definition) is 3. The molecule has 4 rings (SSSR count). The van der Waals surface area contributed by atoms with Crippen LogP contribution in [0.25, 0.3) is 0 Å². The van der Waals surface area contributed by atoms with E-state index in [0.29, 0.717) is 12.5 Å². The maximum absolute atomic E-state index is 12.3. The zero-order valence-electron chi connectivity index (χ0n) is 12.5. The molecule has 2 aliphatic rings. The Morgan fingerprint density at radius 1 is 1.41 bits per heavy atom. The number of sulfonamides is 1. The first-order valence-corrected chi connectivity index (χ1v) is 9.06. The number of nitrogens with zero attached hydrogens (tertiary/aromatic N) is 2. The Morgan fingerprint density at radius 3 is 3.00 bits per heavy atom. The summed E-state index contributed by atoms with van der Waals surface area (Å²) in [5.74, 6) is 0.405. The van der Waals surface area contributed by atoms with Crippen LogP contribution in [0, 0.1) is 5.92 Å². The molecule has 1 spiro atoms. The average molecular weight is 317 g/mol. The number of benzene rings is 1. The summed E-state index contributed by atoms with van der Waals surface area (Å²) in [6, 6.07) is 8.57. The minimum atomic E-state index is -3.45. The Labute approximate surface area is 130 Å². The van der Waals surface area contributed by atoms with Crippen molar-refractivity contribution in [2.45, 2.75) is 29.6 Å². The van der Waals surface area contributed by atoms with Crippen LogP contribution in [0.3, 0.4) is 0 Å². The molecule has 6 heteroatoms. The number of nitrogens with one attached hydrogen (secondary N) is 1. The van der Waals surface area contributed by atoms with E-state index in [1.165, 1.54) is 28.2 Å². The van der Waals surface area contributed by atoms with Crippen molar-refractivity contribution in [3.05, 3.63) is 47.8 Å². The molecular weight excluding hydrogens is 298 g/mol. The lowest BCUT2D eigenvalue weighted by molar-refractivity contribution is 0.557. The SMILES string of the molecule is Cn1cc(S(=O)(=O)NC[C@@H]2C[C@]23CCc2ccccc23)cn1. The Balaban J connectivity index is 1.47. The molecule has 0 unspecified atom stereocenters. The predicted octanol–water partition coefficient (Wildman–Crippen LogP) is 1.60. The van der Waals surface area contributed by atoms with Crippen molar-refractivity contribution in [1.29, 1.82) is 0 Å². The third-order valence-electron chi connectivity index (χ3n) is 5.14. The zero-order valence-corrected chi connectivity index (χ0v) is 13.3. The van der Waals surface area contributed by atoms with Gasteiger partial charge in [0.15, 0.2) is 0 Å². The van der Waals surface area contributed by atoms with Gasteiger partial charge in [-0.15, -0.1) is 0 Å². The lowest BCUT2D eigenvalue weighted by atomic mass is 9.95. The monoisotopic (exact) mass is 317 g/mol. The first kappa shape index (κ1) is 14.0. The van der Waals surface area contributed by atoms with E-state index in [9.17, 15) is 8.42 Å². The summed E-state index contributed by atoms with van der Waals surface area (Å²) < 4.78 is 28.8. The molecule has 116 valence electrons. The van der Waals surface area contributed by atoms with Gasteiger partial charge < -0.3 is 0 Å². The Morgan fingerprint density at radius 2 is 2.23 bits per heavy atom. The molecule has 2 aromatic rings. The quantitative estimate of drug-likeness (QED) is 0.931. The summed E-state index contributed by atoms with van der Waals surface area (Å²) in [4.78, 5) is 0.233. The molecule has 0 amide bonds. The van der Waals surface area contributed by atoms with Crippen LogP contribution in [0.1, 0.15) is 24.0 Å². The van der Waals surface area contributed by atoms with Gasteiger partial charge in [0.05, 0.1) is 6.20 Å². The second-order valence-electron chi connectivity index (χ2n) is 6.42. The third-order valence-corrected chi connectivity index (χ3v) is 6.52. The fourth-order valence-corrected chi connectivity index (χ4v) is 4.90. The Hall–Kier alpha value is -1.66. The number of fused-ring (bicyclic) bond motifs is 2. The van der Waals surface area contributed by atoms with Gasteiger partial charge in [-0.25, -0.2) is 13.1 Å². The summed E-state index contributed by atoms with van der Waals surface area (Å²) in [6.45, 7) is 0.506. The molecule has 1 aromatic heterocycles. The van der Waals surface area contributed by atoms with E-state index in [0.717, 1.165) is 19.3 Å². The fraction of sp³-hybridized carbons (Fsp3) is 0.438. The molecule has 2 atom stereocenters. The van der Waals surface area contributed by atoms with Crippen molar-refractivity contribution in [2.75, 3.05) is 6.54 Å². The normalized spacial score (nSPS) is 26.3. The van der Waals surface area contributed by atoms with E-state index in [1.807, 2.05) is 0 Å². The first-order valence-electron chi connectivity index (χ1n) is 7.58. The molecule has 0 bridgehead atoms. The molecule has 1 saturated carbocycles. The van der Waals surface area contributed by atoms with Crippen molar-refractivity contribution in [1.82, 2.24) is 14.5 Å². The van der Waals surface area contributed by atoms with Crippen molar-refractivity contribution in [3.63, 3.8) is 0 Å². The average Bonchev–Trinajstić information content (AvgIpc) is 2.81. The molecule has 22 heavy (non-hydrogen) atoms. The smallest absolute Gasteiger partial charge is 0.243 e. The summed E-state index contributed by atoms with van der Waals surface area (Å²) >= 11 is 0. The van der Waals surface area contributed by atoms with Crippen molar-refractivity contribution in [3.8, 4) is 0 Å². The Bertz CT molecular complexity index is 827. The maximum Gasteiger partial charge on any atom is 0.243 e. The van der Waals surface area contributed by atoms with Gasteiger partial charge in [0, 0.05) is 25.2 Å². The molecule has 1 heterocycles. The number of aromatic nitrogens is 2. The minimum absolute atomic E-state index is 0.216. The lowest BCUT2D eigenvalue weighted by Gasteiger charge is -2.12. The fourth-order valence-electron chi connectivity index (χ4n) is 3.83. The van der Waals surface area contributed by atoms with E-state index in [2.05, 4.69) is 34.1 Å². The molecule has 0 aliphatic heterocycles. The minimum Gasteiger partial charge on any atom is -0.274 e. The van der Waals surface area contributed by atoms with Crippen LogP contribution in [0.15, 0.2) is 41.6 Å². The molecule has 5 nitrogen and oxygen atoms in total. The van der Waals surface area contributed by atoms with Gasteiger partial charge >= 0.3 is 0 Å². The number of aryl methyl sites for hydroxylation is 2. The van der Waals surface area contributed by atoms with E-state index >= 15 is 0 Å². The largest absolute Gasteiger partial charge is 0.274 e. The highest BCUT2D eigenvalue weighted by Gasteiger charge is 2.57. The molecule has 0 radical (unpaired) electrons. The maximum atomic E-state index is 12.3. The molecule has 2 aliphatic carbocycles. The molecule has 1 N–H and O–H groups in total. The first-order chi connectivity index (χ1) is 10.5. The second-order valence-corrected chi connectivity index (χ2v) is 8.18. The standard InChI is InChI=1S/C16H19N3O2S/c1-19-11-14(10-17-19)22(20,21)18-9-13-8-16(13)7-6-12-4-2-3-5-15(12)16/h2-5,10-11,13,18H,6-9H2,1H3/t13-,16+/m0/s1.